The Morgan fingerprint density at radius 3 is 2.72 bits per heavy atom. The number of rotatable bonds is 5. The molecule has 0 aromatic carbocycles. The van der Waals surface area contributed by atoms with Gasteiger partial charge in [-0.15, -0.1) is 0 Å². The van der Waals surface area contributed by atoms with Crippen LogP contribution >= 0.6 is 15.9 Å². The minimum atomic E-state index is -0.431. The van der Waals surface area contributed by atoms with Crippen molar-refractivity contribution in [2.75, 3.05) is 20.2 Å². The van der Waals surface area contributed by atoms with Gasteiger partial charge in [0.25, 0.3) is 5.91 Å². The molecule has 0 bridgehead atoms. The van der Waals surface area contributed by atoms with Crippen LogP contribution in [0.3, 0.4) is 0 Å². The number of pyridine rings is 1. The third kappa shape index (κ3) is 4.10. The van der Waals surface area contributed by atoms with Crippen molar-refractivity contribution in [3.05, 3.63) is 28.5 Å². The van der Waals surface area contributed by atoms with Crippen LogP contribution in [0.1, 0.15) is 23.7 Å². The van der Waals surface area contributed by atoms with E-state index in [2.05, 4.69) is 25.7 Å². The Balaban J connectivity index is 2.85. The van der Waals surface area contributed by atoms with E-state index in [-0.39, 0.29) is 12.5 Å². The zero-order chi connectivity index (χ0) is 13.5. The normalized spacial score (nSPS) is 9.94. The number of carbonyl (C=O) groups excluding carboxylic acids is 2. The number of esters is 1. The fourth-order valence-corrected chi connectivity index (χ4v) is 1.82. The Hall–Kier alpha value is -1.43. The molecule has 0 aliphatic heterocycles. The van der Waals surface area contributed by atoms with Gasteiger partial charge in [-0.05, 0) is 28.4 Å². The van der Waals surface area contributed by atoms with Gasteiger partial charge in [0.1, 0.15) is 6.54 Å². The molecule has 0 aliphatic carbocycles. The van der Waals surface area contributed by atoms with Gasteiger partial charge < -0.3 is 9.64 Å². The number of halogens is 1. The summed E-state index contributed by atoms with van der Waals surface area (Å²) in [4.78, 5) is 28.8. The smallest absolute Gasteiger partial charge is 0.325 e. The highest BCUT2D eigenvalue weighted by atomic mass is 79.9. The van der Waals surface area contributed by atoms with E-state index < -0.39 is 5.97 Å². The number of ether oxygens (including phenoxy) is 1. The standard InChI is InChI=1S/C12H15BrN2O3/c1-3-4-15(8-11(16)18-2)12(17)9-5-10(13)7-14-6-9/h5-7H,3-4,8H2,1-2H3. The van der Waals surface area contributed by atoms with Crippen molar-refractivity contribution in [3.63, 3.8) is 0 Å². The molecule has 1 amide bonds. The zero-order valence-corrected chi connectivity index (χ0v) is 11.9. The van der Waals surface area contributed by atoms with Crippen LogP contribution in [0.2, 0.25) is 0 Å². The van der Waals surface area contributed by atoms with Gasteiger partial charge in [0.15, 0.2) is 0 Å². The molecule has 0 saturated heterocycles. The van der Waals surface area contributed by atoms with Crippen LogP contribution in [0.5, 0.6) is 0 Å². The highest BCUT2D eigenvalue weighted by molar-refractivity contribution is 9.10. The Labute approximate surface area is 114 Å². The van der Waals surface area contributed by atoms with Gasteiger partial charge in [-0.1, -0.05) is 6.92 Å². The van der Waals surface area contributed by atoms with Crippen molar-refractivity contribution >= 4 is 27.8 Å². The SMILES string of the molecule is CCCN(CC(=O)OC)C(=O)c1cncc(Br)c1. The molecule has 98 valence electrons. The average molecular weight is 315 g/mol. The second kappa shape index (κ2) is 7.10. The van der Waals surface area contributed by atoms with Crippen molar-refractivity contribution in [3.8, 4) is 0 Å². The van der Waals surface area contributed by atoms with E-state index in [0.717, 1.165) is 10.9 Å². The number of carbonyl (C=O) groups is 2. The second-order valence-electron chi connectivity index (χ2n) is 3.69. The lowest BCUT2D eigenvalue weighted by molar-refractivity contribution is -0.141. The minimum absolute atomic E-state index is 0.0459. The highest BCUT2D eigenvalue weighted by Crippen LogP contribution is 2.12. The molecule has 1 aromatic heterocycles. The second-order valence-corrected chi connectivity index (χ2v) is 4.61. The van der Waals surface area contributed by atoms with E-state index in [0.29, 0.717) is 12.1 Å². The third-order valence-electron chi connectivity index (χ3n) is 2.28. The number of amides is 1. The molecule has 0 atom stereocenters. The summed E-state index contributed by atoms with van der Waals surface area (Å²) in [5, 5.41) is 0. The summed E-state index contributed by atoms with van der Waals surface area (Å²) in [7, 11) is 1.30. The first-order valence-electron chi connectivity index (χ1n) is 5.55. The van der Waals surface area contributed by atoms with Crippen molar-refractivity contribution in [2.24, 2.45) is 0 Å². The first kappa shape index (κ1) is 14.6. The van der Waals surface area contributed by atoms with E-state index in [1.54, 1.807) is 12.3 Å². The van der Waals surface area contributed by atoms with E-state index in [1.807, 2.05) is 6.92 Å². The summed E-state index contributed by atoms with van der Waals surface area (Å²) in [6, 6.07) is 1.68. The summed E-state index contributed by atoms with van der Waals surface area (Å²) in [5.41, 5.74) is 0.446. The van der Waals surface area contributed by atoms with Crippen molar-refractivity contribution in [1.82, 2.24) is 9.88 Å². The molecule has 1 heterocycles. The summed E-state index contributed by atoms with van der Waals surface area (Å²) in [6.07, 6.45) is 3.85. The molecular weight excluding hydrogens is 300 g/mol. The van der Waals surface area contributed by atoms with E-state index >= 15 is 0 Å². The van der Waals surface area contributed by atoms with Gasteiger partial charge in [0, 0.05) is 23.4 Å². The molecule has 18 heavy (non-hydrogen) atoms. The largest absolute Gasteiger partial charge is 0.468 e. The molecule has 0 saturated carbocycles. The summed E-state index contributed by atoms with van der Waals surface area (Å²) >= 11 is 3.26. The first-order valence-corrected chi connectivity index (χ1v) is 6.34. The van der Waals surface area contributed by atoms with E-state index in [1.165, 1.54) is 18.2 Å². The Morgan fingerprint density at radius 1 is 1.44 bits per heavy atom. The van der Waals surface area contributed by atoms with Crippen LogP contribution in [0.4, 0.5) is 0 Å². The molecule has 0 aliphatic rings. The monoisotopic (exact) mass is 314 g/mol. The molecular formula is C12H15BrN2O3. The fraction of sp³-hybridized carbons (Fsp3) is 0.417. The Bertz CT molecular complexity index is 437. The number of methoxy groups -OCH3 is 1. The summed E-state index contributed by atoms with van der Waals surface area (Å²) in [6.45, 7) is 2.40. The maximum Gasteiger partial charge on any atom is 0.325 e. The number of hydrogen-bond acceptors (Lipinski definition) is 4. The van der Waals surface area contributed by atoms with Crippen LogP contribution in [0.25, 0.3) is 0 Å². The average Bonchev–Trinajstić information content (AvgIpc) is 2.37. The van der Waals surface area contributed by atoms with Crippen molar-refractivity contribution < 1.29 is 14.3 Å². The molecule has 0 spiro atoms. The van der Waals surface area contributed by atoms with Crippen LogP contribution in [-0.4, -0.2) is 42.0 Å². The van der Waals surface area contributed by atoms with Crippen molar-refractivity contribution in [1.29, 1.82) is 0 Å². The molecule has 5 nitrogen and oxygen atoms in total. The quantitative estimate of drug-likeness (QED) is 0.778. The maximum atomic E-state index is 12.2. The molecule has 6 heteroatoms. The van der Waals surface area contributed by atoms with Gasteiger partial charge >= 0.3 is 5.97 Å². The maximum absolute atomic E-state index is 12.2. The molecule has 0 fully saturated rings. The topological polar surface area (TPSA) is 59.5 Å². The third-order valence-corrected chi connectivity index (χ3v) is 2.71. The lowest BCUT2D eigenvalue weighted by atomic mass is 10.2. The Kier molecular flexibility index (Phi) is 5.77. The highest BCUT2D eigenvalue weighted by Gasteiger charge is 2.18. The number of hydrogen-bond donors (Lipinski definition) is 0. The lowest BCUT2D eigenvalue weighted by Gasteiger charge is -2.20. The van der Waals surface area contributed by atoms with Gasteiger partial charge in [-0.2, -0.15) is 0 Å². The lowest BCUT2D eigenvalue weighted by Crippen LogP contribution is -2.36. The zero-order valence-electron chi connectivity index (χ0n) is 10.4. The molecule has 1 rings (SSSR count). The van der Waals surface area contributed by atoms with Crippen LogP contribution in [0.15, 0.2) is 22.9 Å². The van der Waals surface area contributed by atoms with Gasteiger partial charge in [0.05, 0.1) is 12.7 Å². The fourth-order valence-electron chi connectivity index (χ4n) is 1.45. The Morgan fingerprint density at radius 2 is 2.17 bits per heavy atom. The first-order chi connectivity index (χ1) is 8.58. The van der Waals surface area contributed by atoms with E-state index in [4.69, 9.17) is 0 Å². The number of aromatic nitrogens is 1. The van der Waals surface area contributed by atoms with Crippen molar-refractivity contribution in [2.45, 2.75) is 13.3 Å². The van der Waals surface area contributed by atoms with Crippen LogP contribution < -0.4 is 0 Å². The van der Waals surface area contributed by atoms with Gasteiger partial charge in [-0.3, -0.25) is 14.6 Å². The summed E-state index contributed by atoms with van der Waals surface area (Å²) in [5.74, 6) is -0.657. The number of nitrogens with zero attached hydrogens (tertiary/aromatic N) is 2. The van der Waals surface area contributed by atoms with Gasteiger partial charge in [0.2, 0.25) is 0 Å². The predicted molar refractivity (Wildman–Crippen MR) is 70.1 cm³/mol. The minimum Gasteiger partial charge on any atom is -0.468 e. The van der Waals surface area contributed by atoms with E-state index in [9.17, 15) is 9.59 Å². The van der Waals surface area contributed by atoms with Gasteiger partial charge in [-0.25, -0.2) is 0 Å². The molecule has 0 N–H and O–H groups in total. The van der Waals surface area contributed by atoms with Crippen LogP contribution in [0, 0.1) is 0 Å². The molecule has 0 unspecified atom stereocenters. The van der Waals surface area contributed by atoms with Crippen LogP contribution in [-0.2, 0) is 9.53 Å². The molecule has 1 aromatic rings. The predicted octanol–water partition coefficient (Wildman–Crippen LogP) is 1.87. The summed E-state index contributed by atoms with van der Waals surface area (Å²) < 4.78 is 5.30. The molecule has 0 radical (unpaired) electrons.